The second-order valence-electron chi connectivity index (χ2n) is 5.62. The third kappa shape index (κ3) is 3.75. The predicted octanol–water partition coefficient (Wildman–Crippen LogP) is 4.16. The predicted molar refractivity (Wildman–Crippen MR) is 99.7 cm³/mol. The average Bonchev–Trinajstić information content (AvgIpc) is 2.66. The summed E-state index contributed by atoms with van der Waals surface area (Å²) < 4.78 is 0. The van der Waals surface area contributed by atoms with Crippen LogP contribution in [0.25, 0.3) is 16.1 Å². The summed E-state index contributed by atoms with van der Waals surface area (Å²) in [4.78, 5) is 22.7. The van der Waals surface area contributed by atoms with Crippen LogP contribution in [0.15, 0.2) is 59.4 Å². The Bertz CT molecular complexity index is 971. The molecule has 0 saturated carbocycles. The minimum atomic E-state index is -0.436. The van der Waals surface area contributed by atoms with E-state index >= 15 is 0 Å². The molecular formula is C20H18N4O. The van der Waals surface area contributed by atoms with Crippen molar-refractivity contribution in [3.05, 3.63) is 87.5 Å². The molecule has 0 aliphatic rings. The van der Waals surface area contributed by atoms with Crippen molar-refractivity contribution in [1.82, 2.24) is 9.97 Å². The zero-order valence-electron chi connectivity index (χ0n) is 13.9. The molecule has 3 aromatic rings. The molecule has 5 nitrogen and oxygen atoms in total. The van der Waals surface area contributed by atoms with Crippen LogP contribution >= 0.6 is 0 Å². The van der Waals surface area contributed by atoms with Crippen molar-refractivity contribution in [2.45, 2.75) is 19.9 Å². The molecule has 3 rings (SSSR count). The van der Waals surface area contributed by atoms with Gasteiger partial charge in [0.1, 0.15) is 0 Å². The van der Waals surface area contributed by atoms with Crippen LogP contribution in [0.4, 0.5) is 11.6 Å². The maximum atomic E-state index is 12.2. The van der Waals surface area contributed by atoms with Gasteiger partial charge in [0.05, 0.1) is 12.3 Å². The highest BCUT2D eigenvalue weighted by atomic mass is 16.1. The molecule has 1 aromatic heterocycles. The largest absolute Gasteiger partial charge is 0.352 e. The number of nitrogens with one attached hydrogen (secondary N) is 2. The summed E-state index contributed by atoms with van der Waals surface area (Å²) in [6.07, 6.45) is 0.973. The van der Waals surface area contributed by atoms with Gasteiger partial charge in [-0.1, -0.05) is 61.5 Å². The van der Waals surface area contributed by atoms with E-state index in [1.807, 2.05) is 42.5 Å². The molecule has 0 aliphatic carbocycles. The van der Waals surface area contributed by atoms with Crippen LogP contribution in [0.3, 0.4) is 0 Å². The molecule has 1 heterocycles. The Hall–Kier alpha value is -3.39. The number of rotatable bonds is 5. The normalized spacial score (nSPS) is 10.2. The van der Waals surface area contributed by atoms with Crippen molar-refractivity contribution < 1.29 is 0 Å². The first-order valence-corrected chi connectivity index (χ1v) is 8.10. The SMILES string of the molecule is [C-]#[N+]c1c(-c2ccccc2)nc(NCc2cccc(CC)c2)[nH]c1=O. The van der Waals surface area contributed by atoms with Crippen LogP contribution in [-0.4, -0.2) is 9.97 Å². The smallest absolute Gasteiger partial charge is 0.276 e. The van der Waals surface area contributed by atoms with Crippen molar-refractivity contribution in [2.24, 2.45) is 0 Å². The molecule has 0 unspecified atom stereocenters. The Morgan fingerprint density at radius 2 is 1.88 bits per heavy atom. The molecule has 0 saturated heterocycles. The molecule has 0 aliphatic heterocycles. The van der Waals surface area contributed by atoms with Gasteiger partial charge in [-0.15, -0.1) is 0 Å². The zero-order chi connectivity index (χ0) is 17.6. The fourth-order valence-electron chi connectivity index (χ4n) is 2.60. The van der Waals surface area contributed by atoms with E-state index in [0.29, 0.717) is 18.2 Å². The second-order valence-corrected chi connectivity index (χ2v) is 5.62. The lowest BCUT2D eigenvalue weighted by molar-refractivity contribution is 1.03. The monoisotopic (exact) mass is 330 g/mol. The summed E-state index contributed by atoms with van der Waals surface area (Å²) in [6, 6.07) is 17.5. The Morgan fingerprint density at radius 1 is 1.12 bits per heavy atom. The number of aryl methyl sites for hydroxylation is 1. The van der Waals surface area contributed by atoms with Crippen molar-refractivity contribution in [3.8, 4) is 11.3 Å². The molecule has 0 bridgehead atoms. The first-order chi connectivity index (χ1) is 12.2. The highest BCUT2D eigenvalue weighted by Gasteiger charge is 2.13. The summed E-state index contributed by atoms with van der Waals surface area (Å²) in [5.74, 6) is 0.359. The maximum Gasteiger partial charge on any atom is 0.276 e. The molecule has 0 spiro atoms. The minimum Gasteiger partial charge on any atom is -0.352 e. The first kappa shape index (κ1) is 16.5. The van der Waals surface area contributed by atoms with Gasteiger partial charge in [0, 0.05) is 6.54 Å². The van der Waals surface area contributed by atoms with Crippen molar-refractivity contribution in [3.63, 3.8) is 0 Å². The van der Waals surface area contributed by atoms with Gasteiger partial charge >= 0.3 is 0 Å². The van der Waals surface area contributed by atoms with Crippen LogP contribution in [0.1, 0.15) is 18.1 Å². The summed E-state index contributed by atoms with van der Waals surface area (Å²) >= 11 is 0. The summed E-state index contributed by atoms with van der Waals surface area (Å²) in [7, 11) is 0. The van der Waals surface area contributed by atoms with E-state index in [0.717, 1.165) is 17.5 Å². The molecule has 0 amide bonds. The van der Waals surface area contributed by atoms with Crippen LogP contribution in [0.2, 0.25) is 0 Å². The molecule has 0 radical (unpaired) electrons. The molecule has 0 atom stereocenters. The lowest BCUT2D eigenvalue weighted by Gasteiger charge is -2.10. The number of aromatic amines is 1. The maximum absolute atomic E-state index is 12.2. The Morgan fingerprint density at radius 3 is 2.60 bits per heavy atom. The van der Waals surface area contributed by atoms with E-state index < -0.39 is 5.56 Å². The third-order valence-corrected chi connectivity index (χ3v) is 3.91. The van der Waals surface area contributed by atoms with E-state index in [9.17, 15) is 4.79 Å². The average molecular weight is 330 g/mol. The van der Waals surface area contributed by atoms with E-state index in [1.165, 1.54) is 5.56 Å². The van der Waals surface area contributed by atoms with E-state index in [1.54, 1.807) is 0 Å². The van der Waals surface area contributed by atoms with Crippen LogP contribution in [0.5, 0.6) is 0 Å². The number of hydrogen-bond acceptors (Lipinski definition) is 3. The molecule has 124 valence electrons. The number of aromatic nitrogens is 2. The van der Waals surface area contributed by atoms with Gasteiger partial charge in [-0.25, -0.2) is 9.83 Å². The Kier molecular flexibility index (Phi) is 4.91. The van der Waals surface area contributed by atoms with Gasteiger partial charge < -0.3 is 10.3 Å². The van der Waals surface area contributed by atoms with Crippen LogP contribution in [-0.2, 0) is 13.0 Å². The molecule has 25 heavy (non-hydrogen) atoms. The Labute approximate surface area is 146 Å². The third-order valence-electron chi connectivity index (χ3n) is 3.91. The van der Waals surface area contributed by atoms with Crippen LogP contribution in [0, 0.1) is 6.57 Å². The van der Waals surface area contributed by atoms with Crippen molar-refractivity contribution in [1.29, 1.82) is 0 Å². The van der Waals surface area contributed by atoms with Gasteiger partial charge in [-0.3, -0.25) is 4.79 Å². The number of hydrogen-bond donors (Lipinski definition) is 2. The lowest BCUT2D eigenvalue weighted by Crippen LogP contribution is -2.13. The lowest BCUT2D eigenvalue weighted by atomic mass is 10.1. The number of H-pyrrole nitrogens is 1. The zero-order valence-corrected chi connectivity index (χ0v) is 13.9. The van der Waals surface area contributed by atoms with Gasteiger partial charge in [-0.05, 0) is 23.1 Å². The Balaban J connectivity index is 1.91. The summed E-state index contributed by atoms with van der Waals surface area (Å²) in [5.41, 5.74) is 3.07. The molecule has 5 heteroatoms. The summed E-state index contributed by atoms with van der Waals surface area (Å²) in [6.45, 7) is 9.93. The molecular weight excluding hydrogens is 312 g/mol. The number of benzene rings is 2. The first-order valence-electron chi connectivity index (χ1n) is 8.10. The van der Waals surface area contributed by atoms with Crippen molar-refractivity contribution in [2.75, 3.05) is 5.32 Å². The standard InChI is InChI=1S/C20H18N4O/c1-3-14-8-7-9-15(12-14)13-22-20-23-17(16-10-5-4-6-11-16)18(21-2)19(25)24-20/h4-12H,3,13H2,1H3,(H2,22,23,24,25). The van der Waals surface area contributed by atoms with Crippen molar-refractivity contribution >= 4 is 11.6 Å². The second kappa shape index (κ2) is 7.45. The summed E-state index contributed by atoms with van der Waals surface area (Å²) in [5, 5.41) is 3.14. The highest BCUT2D eigenvalue weighted by molar-refractivity contribution is 5.74. The van der Waals surface area contributed by atoms with Gasteiger partial charge in [0.25, 0.3) is 11.2 Å². The van der Waals surface area contributed by atoms with Gasteiger partial charge in [0.15, 0.2) is 0 Å². The number of anilines is 1. The minimum absolute atomic E-state index is 0.00438. The molecule has 0 fully saturated rings. The molecule has 2 aromatic carbocycles. The molecule has 2 N–H and O–H groups in total. The van der Waals surface area contributed by atoms with Gasteiger partial charge in [0.2, 0.25) is 5.95 Å². The fraction of sp³-hybridized carbons (Fsp3) is 0.150. The van der Waals surface area contributed by atoms with Crippen LogP contribution < -0.4 is 10.9 Å². The quantitative estimate of drug-likeness (QED) is 0.690. The van der Waals surface area contributed by atoms with E-state index in [-0.39, 0.29) is 5.69 Å². The number of nitrogens with zero attached hydrogens (tertiary/aromatic N) is 2. The van der Waals surface area contributed by atoms with E-state index in [4.69, 9.17) is 6.57 Å². The van der Waals surface area contributed by atoms with Gasteiger partial charge in [-0.2, -0.15) is 0 Å². The fourth-order valence-corrected chi connectivity index (χ4v) is 2.60. The highest BCUT2D eigenvalue weighted by Crippen LogP contribution is 2.25. The van der Waals surface area contributed by atoms with E-state index in [2.05, 4.69) is 39.2 Å². The topological polar surface area (TPSA) is 62.1 Å².